The standard InChI is InChI=1S/C12H15ClN2/c13-11-3-1-2-9(4-11)6-15-7-10-5-12(10,14)8-15/h1-4,10H,5-8,14H2/t10-,12+/m1/s1. The van der Waals surface area contributed by atoms with Gasteiger partial charge in [0.1, 0.15) is 0 Å². The maximum atomic E-state index is 6.16. The lowest BCUT2D eigenvalue weighted by Gasteiger charge is -2.18. The van der Waals surface area contributed by atoms with Crippen LogP contribution in [-0.4, -0.2) is 23.5 Å². The predicted octanol–water partition coefficient (Wildman–Crippen LogP) is 1.87. The van der Waals surface area contributed by atoms with Gasteiger partial charge in [0.2, 0.25) is 0 Å². The summed E-state index contributed by atoms with van der Waals surface area (Å²) in [6, 6.07) is 8.08. The normalized spacial score (nSPS) is 34.1. The largest absolute Gasteiger partial charge is 0.324 e. The van der Waals surface area contributed by atoms with Gasteiger partial charge in [0, 0.05) is 30.2 Å². The van der Waals surface area contributed by atoms with E-state index in [4.69, 9.17) is 17.3 Å². The Morgan fingerprint density at radius 1 is 1.53 bits per heavy atom. The molecule has 0 unspecified atom stereocenters. The third kappa shape index (κ3) is 1.78. The number of piperidine rings is 1. The highest BCUT2D eigenvalue weighted by molar-refractivity contribution is 6.30. The van der Waals surface area contributed by atoms with E-state index in [1.54, 1.807) is 0 Å². The van der Waals surface area contributed by atoms with E-state index in [2.05, 4.69) is 11.0 Å². The van der Waals surface area contributed by atoms with Crippen LogP contribution in [0.2, 0.25) is 5.02 Å². The second-order valence-corrected chi connectivity index (χ2v) is 5.37. The first kappa shape index (κ1) is 9.64. The summed E-state index contributed by atoms with van der Waals surface area (Å²) in [4.78, 5) is 2.43. The zero-order chi connectivity index (χ0) is 10.5. The van der Waals surface area contributed by atoms with E-state index in [1.165, 1.54) is 12.0 Å². The molecule has 2 atom stereocenters. The van der Waals surface area contributed by atoms with E-state index in [1.807, 2.05) is 18.2 Å². The Bertz CT molecular complexity index is 393. The first-order valence-corrected chi connectivity index (χ1v) is 5.79. The van der Waals surface area contributed by atoms with Crippen molar-refractivity contribution in [3.8, 4) is 0 Å². The van der Waals surface area contributed by atoms with Crippen molar-refractivity contribution in [2.75, 3.05) is 13.1 Å². The molecule has 15 heavy (non-hydrogen) atoms. The van der Waals surface area contributed by atoms with Crippen molar-refractivity contribution in [3.63, 3.8) is 0 Å². The summed E-state index contributed by atoms with van der Waals surface area (Å²) < 4.78 is 0. The quantitative estimate of drug-likeness (QED) is 0.828. The second kappa shape index (κ2) is 3.21. The van der Waals surface area contributed by atoms with Crippen molar-refractivity contribution in [1.82, 2.24) is 4.90 Å². The first-order valence-electron chi connectivity index (χ1n) is 5.41. The minimum atomic E-state index is 0.151. The minimum Gasteiger partial charge on any atom is -0.324 e. The molecule has 0 aromatic heterocycles. The lowest BCUT2D eigenvalue weighted by molar-refractivity contribution is 0.291. The van der Waals surface area contributed by atoms with E-state index in [9.17, 15) is 0 Å². The molecule has 2 fully saturated rings. The van der Waals surface area contributed by atoms with E-state index in [0.717, 1.165) is 30.6 Å². The zero-order valence-electron chi connectivity index (χ0n) is 8.62. The van der Waals surface area contributed by atoms with Crippen LogP contribution in [-0.2, 0) is 6.54 Å². The fourth-order valence-electron chi connectivity index (χ4n) is 2.65. The monoisotopic (exact) mass is 222 g/mol. The number of halogens is 1. The number of rotatable bonds is 2. The van der Waals surface area contributed by atoms with E-state index in [0.29, 0.717) is 0 Å². The van der Waals surface area contributed by atoms with E-state index in [-0.39, 0.29) is 5.54 Å². The summed E-state index contributed by atoms with van der Waals surface area (Å²) in [6.07, 6.45) is 1.22. The van der Waals surface area contributed by atoms with Gasteiger partial charge >= 0.3 is 0 Å². The SMILES string of the molecule is N[C@]12C[C@@H]1CN(Cc1cccc(Cl)c1)C2. The molecule has 0 bridgehead atoms. The summed E-state index contributed by atoms with van der Waals surface area (Å²) in [6.45, 7) is 3.18. The van der Waals surface area contributed by atoms with Crippen LogP contribution in [0.15, 0.2) is 24.3 Å². The van der Waals surface area contributed by atoms with Crippen LogP contribution in [0.4, 0.5) is 0 Å². The number of hydrogen-bond donors (Lipinski definition) is 1. The van der Waals surface area contributed by atoms with Gasteiger partial charge < -0.3 is 5.73 Å². The predicted molar refractivity (Wildman–Crippen MR) is 61.8 cm³/mol. The van der Waals surface area contributed by atoms with Crippen molar-refractivity contribution in [1.29, 1.82) is 0 Å². The minimum absolute atomic E-state index is 0.151. The lowest BCUT2D eigenvalue weighted by atomic mass is 10.2. The summed E-state index contributed by atoms with van der Waals surface area (Å²) in [7, 11) is 0. The van der Waals surface area contributed by atoms with Gasteiger partial charge in [-0.15, -0.1) is 0 Å². The van der Waals surface area contributed by atoms with Gasteiger partial charge in [0.05, 0.1) is 0 Å². The van der Waals surface area contributed by atoms with Gasteiger partial charge in [0.15, 0.2) is 0 Å². The summed E-state index contributed by atoms with van der Waals surface area (Å²) >= 11 is 5.95. The Morgan fingerprint density at radius 3 is 3.07 bits per heavy atom. The van der Waals surface area contributed by atoms with E-state index >= 15 is 0 Å². The molecule has 2 nitrogen and oxygen atoms in total. The van der Waals surface area contributed by atoms with Gasteiger partial charge in [-0.25, -0.2) is 0 Å². The Balaban J connectivity index is 1.67. The lowest BCUT2D eigenvalue weighted by Crippen LogP contribution is -2.32. The number of nitrogens with zero attached hydrogens (tertiary/aromatic N) is 1. The van der Waals surface area contributed by atoms with Crippen molar-refractivity contribution in [3.05, 3.63) is 34.9 Å². The number of benzene rings is 1. The Hall–Kier alpha value is -0.570. The third-order valence-corrected chi connectivity index (χ3v) is 3.81. The molecule has 1 aromatic carbocycles. The van der Waals surface area contributed by atoms with Gasteiger partial charge in [-0.1, -0.05) is 23.7 Å². The van der Waals surface area contributed by atoms with Crippen molar-refractivity contribution >= 4 is 11.6 Å². The van der Waals surface area contributed by atoms with Crippen molar-refractivity contribution in [2.24, 2.45) is 11.7 Å². The third-order valence-electron chi connectivity index (χ3n) is 3.57. The molecule has 80 valence electrons. The molecule has 2 N–H and O–H groups in total. The van der Waals surface area contributed by atoms with Crippen LogP contribution in [0, 0.1) is 5.92 Å². The highest BCUT2D eigenvalue weighted by atomic mass is 35.5. The number of fused-ring (bicyclic) bond motifs is 1. The summed E-state index contributed by atoms with van der Waals surface area (Å²) in [5, 5.41) is 0.819. The van der Waals surface area contributed by atoms with Gasteiger partial charge in [-0.2, -0.15) is 0 Å². The molecule has 3 rings (SSSR count). The van der Waals surface area contributed by atoms with Crippen molar-refractivity contribution < 1.29 is 0 Å². The number of nitrogens with two attached hydrogens (primary N) is 1. The fourth-order valence-corrected chi connectivity index (χ4v) is 2.86. The Morgan fingerprint density at radius 2 is 2.40 bits per heavy atom. The maximum Gasteiger partial charge on any atom is 0.0409 e. The Kier molecular flexibility index (Phi) is 2.06. The van der Waals surface area contributed by atoms with Crippen LogP contribution < -0.4 is 5.73 Å². The molecular formula is C12H15ClN2. The molecule has 0 spiro atoms. The second-order valence-electron chi connectivity index (χ2n) is 4.93. The van der Waals surface area contributed by atoms with Crippen LogP contribution in [0.3, 0.4) is 0 Å². The smallest absolute Gasteiger partial charge is 0.0409 e. The molecule has 0 radical (unpaired) electrons. The van der Waals surface area contributed by atoms with Crippen LogP contribution in [0.25, 0.3) is 0 Å². The van der Waals surface area contributed by atoms with Gasteiger partial charge in [-0.05, 0) is 30.0 Å². The van der Waals surface area contributed by atoms with Crippen LogP contribution >= 0.6 is 11.6 Å². The van der Waals surface area contributed by atoms with Crippen LogP contribution in [0.5, 0.6) is 0 Å². The fraction of sp³-hybridized carbons (Fsp3) is 0.500. The average molecular weight is 223 g/mol. The molecule has 2 aliphatic rings. The maximum absolute atomic E-state index is 6.16. The van der Waals surface area contributed by atoms with Crippen LogP contribution in [0.1, 0.15) is 12.0 Å². The zero-order valence-corrected chi connectivity index (χ0v) is 9.37. The van der Waals surface area contributed by atoms with Crippen molar-refractivity contribution in [2.45, 2.75) is 18.5 Å². The summed E-state index contributed by atoms with van der Waals surface area (Å²) in [5.74, 6) is 0.747. The Labute approximate surface area is 95.0 Å². The molecular weight excluding hydrogens is 208 g/mol. The highest BCUT2D eigenvalue weighted by Crippen LogP contribution is 2.47. The number of hydrogen-bond acceptors (Lipinski definition) is 2. The van der Waals surface area contributed by atoms with Gasteiger partial charge in [-0.3, -0.25) is 4.90 Å². The first-order chi connectivity index (χ1) is 7.16. The molecule has 1 aliphatic heterocycles. The molecule has 1 aliphatic carbocycles. The van der Waals surface area contributed by atoms with Gasteiger partial charge in [0.25, 0.3) is 0 Å². The molecule has 1 saturated heterocycles. The summed E-state index contributed by atoms with van der Waals surface area (Å²) in [5.41, 5.74) is 7.59. The molecule has 3 heteroatoms. The highest BCUT2D eigenvalue weighted by Gasteiger charge is 2.56. The number of likely N-dealkylation sites (tertiary alicyclic amines) is 1. The average Bonchev–Trinajstić information content (AvgIpc) is 2.65. The molecule has 0 amide bonds. The topological polar surface area (TPSA) is 29.3 Å². The molecule has 1 heterocycles. The van der Waals surface area contributed by atoms with E-state index < -0.39 is 0 Å². The molecule has 1 aromatic rings. The molecule has 1 saturated carbocycles.